The van der Waals surface area contributed by atoms with E-state index in [0.717, 1.165) is 16.6 Å². The molecule has 1 rings (SSSR count). The van der Waals surface area contributed by atoms with Gasteiger partial charge in [0.05, 0.1) is 19.1 Å². The summed E-state index contributed by atoms with van der Waals surface area (Å²) >= 11 is 2.14. The highest BCUT2D eigenvalue weighted by atomic mass is 127. The fraction of sp³-hybridized carbons (Fsp3) is 0.462. The number of esters is 1. The van der Waals surface area contributed by atoms with Crippen LogP contribution < -0.4 is 0 Å². The third-order valence-electron chi connectivity index (χ3n) is 2.78. The van der Waals surface area contributed by atoms with Crippen molar-refractivity contribution in [1.29, 1.82) is 0 Å². The molecule has 0 saturated heterocycles. The quantitative estimate of drug-likeness (QED) is 0.431. The number of benzene rings is 1. The van der Waals surface area contributed by atoms with Crippen LogP contribution in [0.1, 0.15) is 29.9 Å². The molecule has 0 aliphatic rings. The first-order chi connectivity index (χ1) is 8.88. The van der Waals surface area contributed by atoms with Crippen molar-refractivity contribution in [3.05, 3.63) is 35.4 Å². The van der Waals surface area contributed by atoms with Crippen LogP contribution >= 0.6 is 22.6 Å². The Kier molecular flexibility index (Phi) is 6.09. The van der Waals surface area contributed by atoms with Gasteiger partial charge in [0, 0.05) is 4.43 Å². The Labute approximate surface area is 123 Å². The molecule has 1 atom stereocenters. The standard InChI is InChI=1S/C13H14F3IO2/c1-19-12(18)8-10(5-6-17)9-3-2-4-11(7-9)13(14,15)16/h2-4,7,10H,5-6,8H2,1H3. The van der Waals surface area contributed by atoms with Gasteiger partial charge < -0.3 is 4.74 Å². The minimum atomic E-state index is -4.36. The van der Waals surface area contributed by atoms with Gasteiger partial charge in [0.15, 0.2) is 0 Å². The average Bonchev–Trinajstić information content (AvgIpc) is 2.37. The molecule has 1 aromatic carbocycles. The zero-order valence-corrected chi connectivity index (χ0v) is 12.5. The van der Waals surface area contributed by atoms with Gasteiger partial charge in [0.25, 0.3) is 0 Å². The predicted octanol–water partition coefficient (Wildman–Crippen LogP) is 4.18. The third-order valence-corrected chi connectivity index (χ3v) is 3.41. The molecule has 0 N–H and O–H groups in total. The topological polar surface area (TPSA) is 26.3 Å². The summed E-state index contributed by atoms with van der Waals surface area (Å²) in [5.41, 5.74) is -0.162. The van der Waals surface area contributed by atoms with Crippen molar-refractivity contribution in [3.63, 3.8) is 0 Å². The highest BCUT2D eigenvalue weighted by Gasteiger charge is 2.31. The lowest BCUT2D eigenvalue weighted by Gasteiger charge is -2.16. The number of rotatable bonds is 5. The van der Waals surface area contributed by atoms with Gasteiger partial charge >= 0.3 is 12.1 Å². The van der Waals surface area contributed by atoms with E-state index in [2.05, 4.69) is 27.3 Å². The Hall–Kier alpha value is -0.790. The monoisotopic (exact) mass is 386 g/mol. The number of methoxy groups -OCH3 is 1. The van der Waals surface area contributed by atoms with Crippen molar-refractivity contribution in [2.75, 3.05) is 11.5 Å². The number of halogens is 4. The summed E-state index contributed by atoms with van der Waals surface area (Å²) in [6, 6.07) is 5.13. The van der Waals surface area contributed by atoms with E-state index in [-0.39, 0.29) is 12.3 Å². The van der Waals surface area contributed by atoms with E-state index in [1.54, 1.807) is 6.07 Å². The van der Waals surface area contributed by atoms with E-state index in [0.29, 0.717) is 12.0 Å². The zero-order valence-electron chi connectivity index (χ0n) is 10.3. The number of carbonyl (C=O) groups is 1. The van der Waals surface area contributed by atoms with Crippen LogP contribution in [-0.2, 0) is 15.7 Å². The second-order valence-electron chi connectivity index (χ2n) is 4.08. The Balaban J connectivity index is 2.99. The van der Waals surface area contributed by atoms with E-state index < -0.39 is 17.7 Å². The molecule has 1 aromatic rings. The molecule has 1 unspecified atom stereocenters. The van der Waals surface area contributed by atoms with Gasteiger partial charge in [-0.15, -0.1) is 0 Å². The van der Waals surface area contributed by atoms with Crippen molar-refractivity contribution in [1.82, 2.24) is 0 Å². The molecule has 106 valence electrons. The Bertz CT molecular complexity index is 432. The van der Waals surface area contributed by atoms with Crippen molar-refractivity contribution < 1.29 is 22.7 Å². The summed E-state index contributed by atoms with van der Waals surface area (Å²) in [5, 5.41) is 0. The maximum absolute atomic E-state index is 12.7. The first kappa shape index (κ1) is 16.3. The maximum Gasteiger partial charge on any atom is 0.416 e. The minimum Gasteiger partial charge on any atom is -0.469 e. The highest BCUT2D eigenvalue weighted by molar-refractivity contribution is 14.1. The van der Waals surface area contributed by atoms with Gasteiger partial charge in [-0.05, 0) is 24.0 Å². The van der Waals surface area contributed by atoms with Gasteiger partial charge in [-0.25, -0.2) is 0 Å². The van der Waals surface area contributed by atoms with Crippen molar-refractivity contribution in [3.8, 4) is 0 Å². The van der Waals surface area contributed by atoms with Gasteiger partial charge in [-0.3, -0.25) is 4.79 Å². The SMILES string of the molecule is COC(=O)CC(CCI)c1cccc(C(F)(F)F)c1. The van der Waals surface area contributed by atoms with Crippen molar-refractivity contribution >= 4 is 28.6 Å². The first-order valence-corrected chi connectivity index (χ1v) is 7.21. The Morgan fingerprint density at radius 3 is 2.63 bits per heavy atom. The predicted molar refractivity (Wildman–Crippen MR) is 74.3 cm³/mol. The van der Waals surface area contributed by atoms with Gasteiger partial charge in [0.1, 0.15) is 0 Å². The van der Waals surface area contributed by atoms with Crippen LogP contribution in [-0.4, -0.2) is 17.5 Å². The van der Waals surface area contributed by atoms with Crippen molar-refractivity contribution in [2.45, 2.75) is 24.9 Å². The average molecular weight is 386 g/mol. The van der Waals surface area contributed by atoms with Gasteiger partial charge in [0.2, 0.25) is 0 Å². The van der Waals surface area contributed by atoms with E-state index in [1.807, 2.05) is 0 Å². The molecule has 0 radical (unpaired) electrons. The molecule has 0 aliphatic heterocycles. The molecule has 0 amide bonds. The fourth-order valence-electron chi connectivity index (χ4n) is 1.77. The van der Waals surface area contributed by atoms with Gasteiger partial charge in [-0.2, -0.15) is 13.2 Å². The van der Waals surface area contributed by atoms with Crippen molar-refractivity contribution in [2.24, 2.45) is 0 Å². The van der Waals surface area contributed by atoms with Crippen LogP contribution in [0.3, 0.4) is 0 Å². The number of alkyl halides is 4. The highest BCUT2D eigenvalue weighted by Crippen LogP contribution is 2.33. The molecule has 0 saturated carbocycles. The van der Waals surface area contributed by atoms with E-state index in [9.17, 15) is 18.0 Å². The second kappa shape index (κ2) is 7.12. The molecule has 2 nitrogen and oxygen atoms in total. The number of hydrogen-bond acceptors (Lipinski definition) is 2. The van der Waals surface area contributed by atoms with Gasteiger partial charge in [-0.1, -0.05) is 40.8 Å². The zero-order chi connectivity index (χ0) is 14.5. The fourth-order valence-corrected chi connectivity index (χ4v) is 2.52. The largest absolute Gasteiger partial charge is 0.469 e. The molecule has 0 aliphatic carbocycles. The molecule has 6 heteroatoms. The molecule has 0 bridgehead atoms. The summed E-state index contributed by atoms with van der Waals surface area (Å²) < 4.78 is 43.3. The van der Waals surface area contributed by atoms with Crippen LogP contribution in [0.25, 0.3) is 0 Å². The smallest absolute Gasteiger partial charge is 0.416 e. The number of ether oxygens (including phenoxy) is 1. The number of hydrogen-bond donors (Lipinski definition) is 0. The first-order valence-electron chi connectivity index (χ1n) is 5.68. The molecule has 0 fully saturated rings. The Morgan fingerprint density at radius 2 is 2.11 bits per heavy atom. The summed E-state index contributed by atoms with van der Waals surface area (Å²) in [4.78, 5) is 11.3. The van der Waals surface area contributed by atoms with Crippen LogP contribution in [0.15, 0.2) is 24.3 Å². The normalized spacial score (nSPS) is 13.1. The number of carbonyl (C=O) groups excluding carboxylic acids is 1. The lowest BCUT2D eigenvalue weighted by Crippen LogP contribution is -2.11. The lowest BCUT2D eigenvalue weighted by atomic mass is 9.92. The molecule has 0 spiro atoms. The molecule has 0 aromatic heterocycles. The second-order valence-corrected chi connectivity index (χ2v) is 5.16. The third kappa shape index (κ3) is 5.00. The summed E-state index contributed by atoms with van der Waals surface area (Å²) in [7, 11) is 1.27. The van der Waals surface area contributed by atoms with Crippen LogP contribution in [0.4, 0.5) is 13.2 Å². The molecular formula is C13H14F3IO2. The summed E-state index contributed by atoms with van der Waals surface area (Å²) in [6.07, 6.45) is -3.63. The maximum atomic E-state index is 12.7. The Morgan fingerprint density at radius 1 is 1.42 bits per heavy atom. The van der Waals surface area contributed by atoms with Crippen LogP contribution in [0, 0.1) is 0 Å². The lowest BCUT2D eigenvalue weighted by molar-refractivity contribution is -0.141. The molecule has 0 heterocycles. The van der Waals surface area contributed by atoms with Crippen LogP contribution in [0.2, 0.25) is 0 Å². The van der Waals surface area contributed by atoms with Crippen LogP contribution in [0.5, 0.6) is 0 Å². The summed E-state index contributed by atoms with van der Waals surface area (Å²) in [5.74, 6) is -0.654. The molecular weight excluding hydrogens is 372 g/mol. The van der Waals surface area contributed by atoms with E-state index >= 15 is 0 Å². The summed E-state index contributed by atoms with van der Waals surface area (Å²) in [6.45, 7) is 0. The van der Waals surface area contributed by atoms with E-state index in [4.69, 9.17) is 0 Å². The minimum absolute atomic E-state index is 0.0980. The molecule has 19 heavy (non-hydrogen) atoms. The van der Waals surface area contributed by atoms with E-state index in [1.165, 1.54) is 13.2 Å².